The van der Waals surface area contributed by atoms with Crippen molar-refractivity contribution in [3.63, 3.8) is 0 Å². The van der Waals surface area contributed by atoms with E-state index in [1.165, 1.54) is 6.20 Å². The molecule has 0 aromatic carbocycles. The molecule has 0 spiro atoms. The zero-order valence-electron chi connectivity index (χ0n) is 6.00. The molecule has 1 rings (SSSR count). The Balaban J connectivity index is 3.25. The van der Waals surface area contributed by atoms with Crippen LogP contribution in [0.1, 0.15) is 11.3 Å². The Morgan fingerprint density at radius 1 is 1.64 bits per heavy atom. The van der Waals surface area contributed by atoms with E-state index in [9.17, 15) is 5.11 Å². The molecular weight excluding hydrogens is 210 g/mol. The molecule has 0 amide bonds. The summed E-state index contributed by atoms with van der Waals surface area (Å²) in [5, 5.41) is 18.1. The molecule has 1 aromatic heterocycles. The van der Waals surface area contributed by atoms with Gasteiger partial charge in [0.05, 0.1) is 16.8 Å². The number of aromatic hydroxyl groups is 1. The largest absolute Gasteiger partial charge is 0.505 e. The van der Waals surface area contributed by atoms with Gasteiger partial charge in [0, 0.05) is 11.8 Å². The number of aryl methyl sites for hydroxylation is 1. The van der Waals surface area contributed by atoms with Crippen LogP contribution >= 0.6 is 15.9 Å². The molecule has 0 unspecified atom stereocenters. The van der Waals surface area contributed by atoms with Gasteiger partial charge in [0.25, 0.3) is 0 Å². The van der Waals surface area contributed by atoms with Gasteiger partial charge in [0.1, 0.15) is 0 Å². The average molecular weight is 218 g/mol. The first-order valence-electron chi connectivity index (χ1n) is 3.10. The van der Waals surface area contributed by atoms with Gasteiger partial charge in [0.15, 0.2) is 5.75 Å². The fourth-order valence-electron chi connectivity index (χ4n) is 0.714. The minimum absolute atomic E-state index is 0.0940. The Bertz CT molecular complexity index is 275. The summed E-state index contributed by atoms with van der Waals surface area (Å²) in [4.78, 5) is 3.87. The zero-order valence-corrected chi connectivity index (χ0v) is 7.59. The molecule has 0 aliphatic heterocycles. The summed E-state index contributed by atoms with van der Waals surface area (Å²) in [5.41, 5.74) is 1.14. The summed E-state index contributed by atoms with van der Waals surface area (Å²) in [5.74, 6) is 0.0940. The molecule has 1 aromatic rings. The number of nitrogens with zero attached hydrogens (tertiary/aromatic N) is 1. The second kappa shape index (κ2) is 3.19. The minimum Gasteiger partial charge on any atom is -0.505 e. The highest BCUT2D eigenvalue weighted by Crippen LogP contribution is 2.28. The van der Waals surface area contributed by atoms with Gasteiger partial charge in [0.2, 0.25) is 0 Å². The summed E-state index contributed by atoms with van der Waals surface area (Å²) in [6.45, 7) is 1.57. The van der Waals surface area contributed by atoms with Crippen molar-refractivity contribution in [2.75, 3.05) is 0 Å². The molecule has 4 heteroatoms. The fraction of sp³-hybridized carbons (Fsp3) is 0.286. The zero-order chi connectivity index (χ0) is 8.43. The van der Waals surface area contributed by atoms with Crippen molar-refractivity contribution >= 4 is 15.9 Å². The molecule has 0 atom stereocenters. The van der Waals surface area contributed by atoms with Crippen LogP contribution in [0.3, 0.4) is 0 Å². The van der Waals surface area contributed by atoms with Crippen LogP contribution in [0.25, 0.3) is 0 Å². The van der Waals surface area contributed by atoms with Gasteiger partial charge >= 0.3 is 0 Å². The first-order chi connectivity index (χ1) is 5.16. The van der Waals surface area contributed by atoms with E-state index in [1.54, 1.807) is 6.92 Å². The molecule has 0 radical (unpaired) electrons. The number of aromatic nitrogens is 1. The van der Waals surface area contributed by atoms with Crippen molar-refractivity contribution < 1.29 is 10.2 Å². The second-order valence-electron chi connectivity index (χ2n) is 2.19. The maximum absolute atomic E-state index is 9.30. The number of halogens is 1. The number of hydrogen-bond donors (Lipinski definition) is 2. The van der Waals surface area contributed by atoms with E-state index in [2.05, 4.69) is 20.9 Å². The second-order valence-corrected chi connectivity index (χ2v) is 2.98. The first kappa shape index (κ1) is 8.49. The lowest BCUT2D eigenvalue weighted by molar-refractivity contribution is 0.279. The average Bonchev–Trinajstić information content (AvgIpc) is 2.01. The van der Waals surface area contributed by atoms with Crippen LogP contribution in [0.2, 0.25) is 0 Å². The molecule has 0 aliphatic carbocycles. The predicted octanol–water partition coefficient (Wildman–Crippen LogP) is 1.35. The third-order valence-corrected chi connectivity index (χ3v) is 2.30. The molecule has 1 heterocycles. The summed E-state index contributed by atoms with van der Waals surface area (Å²) in [6, 6.07) is 0. The van der Waals surface area contributed by atoms with Gasteiger partial charge < -0.3 is 10.2 Å². The van der Waals surface area contributed by atoms with E-state index >= 15 is 0 Å². The maximum atomic E-state index is 9.30. The van der Waals surface area contributed by atoms with Crippen molar-refractivity contribution in [2.24, 2.45) is 0 Å². The summed E-state index contributed by atoms with van der Waals surface area (Å²) in [7, 11) is 0. The van der Waals surface area contributed by atoms with Crippen molar-refractivity contribution in [3.05, 3.63) is 21.9 Å². The number of aliphatic hydroxyl groups is 1. The smallest absolute Gasteiger partial charge is 0.151 e. The van der Waals surface area contributed by atoms with E-state index in [4.69, 9.17) is 5.11 Å². The molecule has 0 saturated carbocycles. The Hall–Kier alpha value is -0.610. The molecule has 3 nitrogen and oxygen atoms in total. The van der Waals surface area contributed by atoms with E-state index in [0.717, 1.165) is 0 Å². The van der Waals surface area contributed by atoms with Crippen LogP contribution in [0.15, 0.2) is 10.7 Å². The van der Waals surface area contributed by atoms with E-state index in [1.807, 2.05) is 0 Å². The third kappa shape index (κ3) is 1.52. The van der Waals surface area contributed by atoms with Gasteiger partial charge in [-0.1, -0.05) is 0 Å². The van der Waals surface area contributed by atoms with Gasteiger partial charge in [-0.05, 0) is 22.9 Å². The van der Waals surface area contributed by atoms with E-state index < -0.39 is 0 Å². The molecule has 0 saturated heterocycles. The van der Waals surface area contributed by atoms with Crippen LogP contribution in [-0.2, 0) is 6.61 Å². The Labute approximate surface area is 72.8 Å². The summed E-state index contributed by atoms with van der Waals surface area (Å²) >= 11 is 3.14. The van der Waals surface area contributed by atoms with Gasteiger partial charge in [-0.2, -0.15) is 0 Å². The van der Waals surface area contributed by atoms with Crippen LogP contribution in [-0.4, -0.2) is 15.2 Å². The van der Waals surface area contributed by atoms with Gasteiger partial charge in [-0.3, -0.25) is 4.98 Å². The highest BCUT2D eigenvalue weighted by atomic mass is 79.9. The lowest BCUT2D eigenvalue weighted by atomic mass is 10.2. The highest BCUT2D eigenvalue weighted by molar-refractivity contribution is 9.10. The van der Waals surface area contributed by atoms with Gasteiger partial charge in [-0.25, -0.2) is 0 Å². The highest BCUT2D eigenvalue weighted by Gasteiger charge is 2.06. The number of aliphatic hydroxyl groups excluding tert-OH is 1. The fourth-order valence-corrected chi connectivity index (χ4v) is 1.23. The van der Waals surface area contributed by atoms with Crippen molar-refractivity contribution in [1.29, 1.82) is 0 Å². The molecule has 0 aliphatic rings. The molecule has 60 valence electrons. The lowest BCUT2D eigenvalue weighted by Crippen LogP contribution is -1.90. The molecular formula is C7H8BrNO2. The number of pyridine rings is 1. The molecule has 11 heavy (non-hydrogen) atoms. The Morgan fingerprint density at radius 3 is 2.82 bits per heavy atom. The standard InChI is InChI=1S/C7H8BrNO2/c1-4-7(11)6(8)5(3-10)2-9-4/h2,10-11H,3H2,1H3. The minimum atomic E-state index is -0.124. The summed E-state index contributed by atoms with van der Waals surface area (Å²) in [6.07, 6.45) is 1.53. The van der Waals surface area contributed by atoms with Crippen LogP contribution in [0, 0.1) is 6.92 Å². The van der Waals surface area contributed by atoms with Crippen molar-refractivity contribution in [1.82, 2.24) is 4.98 Å². The monoisotopic (exact) mass is 217 g/mol. The van der Waals surface area contributed by atoms with Crippen molar-refractivity contribution in [3.8, 4) is 5.75 Å². The van der Waals surface area contributed by atoms with E-state index in [0.29, 0.717) is 15.7 Å². The SMILES string of the molecule is Cc1ncc(CO)c(Br)c1O. The van der Waals surface area contributed by atoms with Crippen molar-refractivity contribution in [2.45, 2.75) is 13.5 Å². The third-order valence-electron chi connectivity index (χ3n) is 1.42. The first-order valence-corrected chi connectivity index (χ1v) is 3.90. The summed E-state index contributed by atoms with van der Waals surface area (Å²) < 4.78 is 0.521. The van der Waals surface area contributed by atoms with Crippen LogP contribution < -0.4 is 0 Å². The normalized spacial score (nSPS) is 10.1. The van der Waals surface area contributed by atoms with Crippen LogP contribution in [0.5, 0.6) is 5.75 Å². The predicted molar refractivity (Wildman–Crippen MR) is 44.3 cm³/mol. The molecule has 0 fully saturated rings. The van der Waals surface area contributed by atoms with Gasteiger partial charge in [-0.15, -0.1) is 0 Å². The number of hydrogen-bond acceptors (Lipinski definition) is 3. The lowest BCUT2D eigenvalue weighted by Gasteiger charge is -2.03. The Morgan fingerprint density at radius 2 is 2.27 bits per heavy atom. The molecule has 0 bridgehead atoms. The quantitative estimate of drug-likeness (QED) is 0.747. The Kier molecular flexibility index (Phi) is 2.46. The maximum Gasteiger partial charge on any atom is 0.151 e. The molecule has 2 N–H and O–H groups in total. The number of rotatable bonds is 1. The van der Waals surface area contributed by atoms with Crippen LogP contribution in [0.4, 0.5) is 0 Å². The van der Waals surface area contributed by atoms with E-state index in [-0.39, 0.29) is 12.4 Å². The topological polar surface area (TPSA) is 53.4 Å².